The summed E-state index contributed by atoms with van der Waals surface area (Å²) < 4.78 is 2.00. The number of nitrogens with one attached hydrogen (secondary N) is 1. The zero-order valence-corrected chi connectivity index (χ0v) is 11.8. The van der Waals surface area contributed by atoms with E-state index in [-0.39, 0.29) is 6.04 Å². The Morgan fingerprint density at radius 1 is 1.39 bits per heavy atom. The van der Waals surface area contributed by atoms with Crippen molar-refractivity contribution in [3.63, 3.8) is 0 Å². The number of aryl methyl sites for hydroxylation is 1. The van der Waals surface area contributed by atoms with E-state index in [0.717, 1.165) is 17.8 Å². The summed E-state index contributed by atoms with van der Waals surface area (Å²) in [5, 5.41) is 4.66. The van der Waals surface area contributed by atoms with E-state index in [4.69, 9.17) is 23.2 Å². The first-order valence-corrected chi connectivity index (χ1v) is 6.46. The maximum absolute atomic E-state index is 6.22. The van der Waals surface area contributed by atoms with Gasteiger partial charge in [0.05, 0.1) is 0 Å². The molecule has 0 fully saturated rings. The molecule has 0 radical (unpaired) electrons. The topological polar surface area (TPSA) is 29.9 Å². The molecule has 18 heavy (non-hydrogen) atoms. The highest BCUT2D eigenvalue weighted by atomic mass is 35.5. The average molecular weight is 284 g/mol. The van der Waals surface area contributed by atoms with Gasteiger partial charge < -0.3 is 9.88 Å². The first kappa shape index (κ1) is 13.4. The summed E-state index contributed by atoms with van der Waals surface area (Å²) in [7, 11) is 3.89. The third-order valence-electron chi connectivity index (χ3n) is 2.99. The normalized spacial score (nSPS) is 12.7. The Kier molecular flexibility index (Phi) is 4.27. The van der Waals surface area contributed by atoms with Crippen molar-refractivity contribution < 1.29 is 0 Å². The molecule has 1 atom stereocenters. The van der Waals surface area contributed by atoms with Crippen LogP contribution in [0, 0.1) is 0 Å². The number of nitrogens with zero attached hydrogens (tertiary/aromatic N) is 2. The van der Waals surface area contributed by atoms with Crippen LogP contribution in [-0.2, 0) is 13.5 Å². The minimum atomic E-state index is 0.0947. The fourth-order valence-corrected chi connectivity index (χ4v) is 2.35. The molecule has 1 heterocycles. The maximum Gasteiger partial charge on any atom is 0.110 e. The van der Waals surface area contributed by atoms with Crippen LogP contribution in [0.3, 0.4) is 0 Å². The Morgan fingerprint density at radius 2 is 2.17 bits per heavy atom. The molecular formula is C13H15Cl2N3. The van der Waals surface area contributed by atoms with Crippen molar-refractivity contribution in [1.82, 2.24) is 14.9 Å². The van der Waals surface area contributed by atoms with Crippen molar-refractivity contribution in [1.29, 1.82) is 0 Å². The number of hydrogen-bond donors (Lipinski definition) is 1. The van der Waals surface area contributed by atoms with Crippen LogP contribution in [0.15, 0.2) is 30.6 Å². The van der Waals surface area contributed by atoms with Gasteiger partial charge in [0.15, 0.2) is 0 Å². The molecular weight excluding hydrogens is 269 g/mol. The van der Waals surface area contributed by atoms with Crippen LogP contribution in [0.25, 0.3) is 0 Å². The Morgan fingerprint density at radius 3 is 2.78 bits per heavy atom. The van der Waals surface area contributed by atoms with E-state index in [9.17, 15) is 0 Å². The predicted molar refractivity (Wildman–Crippen MR) is 75.2 cm³/mol. The summed E-state index contributed by atoms with van der Waals surface area (Å²) in [5.41, 5.74) is 0.995. The van der Waals surface area contributed by atoms with Crippen LogP contribution in [0.5, 0.6) is 0 Å². The van der Waals surface area contributed by atoms with Crippen LogP contribution < -0.4 is 5.32 Å². The molecule has 96 valence electrons. The molecule has 1 aromatic carbocycles. The molecule has 0 aliphatic heterocycles. The molecule has 0 aliphatic rings. The van der Waals surface area contributed by atoms with Gasteiger partial charge in [-0.25, -0.2) is 4.98 Å². The molecule has 3 nitrogen and oxygen atoms in total. The van der Waals surface area contributed by atoms with Crippen LogP contribution in [-0.4, -0.2) is 16.6 Å². The zero-order chi connectivity index (χ0) is 13.1. The summed E-state index contributed by atoms with van der Waals surface area (Å²) in [6.45, 7) is 0. The Bertz CT molecular complexity index is 537. The van der Waals surface area contributed by atoms with E-state index < -0.39 is 0 Å². The van der Waals surface area contributed by atoms with E-state index in [2.05, 4.69) is 10.3 Å². The summed E-state index contributed by atoms with van der Waals surface area (Å²) in [4.78, 5) is 4.33. The average Bonchev–Trinajstić information content (AvgIpc) is 2.75. The Hall–Kier alpha value is -1.03. The number of likely N-dealkylation sites (N-methyl/N-ethyl adjacent to an activating group) is 1. The molecule has 0 spiro atoms. The third-order valence-corrected chi connectivity index (χ3v) is 3.57. The lowest BCUT2D eigenvalue weighted by Gasteiger charge is -2.18. The van der Waals surface area contributed by atoms with E-state index in [1.807, 2.05) is 37.0 Å². The van der Waals surface area contributed by atoms with Gasteiger partial charge in [0.2, 0.25) is 0 Å². The van der Waals surface area contributed by atoms with Gasteiger partial charge in [0.25, 0.3) is 0 Å². The number of hydrogen-bond acceptors (Lipinski definition) is 2. The maximum atomic E-state index is 6.22. The standard InChI is InChI=1S/C13H15Cl2N3/c1-16-12(8-13-17-5-6-18(13)2)10-7-9(14)3-4-11(10)15/h3-7,12,16H,8H2,1-2H3. The second-order valence-corrected chi connectivity index (χ2v) is 5.01. The molecule has 0 saturated carbocycles. The van der Waals surface area contributed by atoms with E-state index in [1.54, 1.807) is 12.3 Å². The van der Waals surface area contributed by atoms with Gasteiger partial charge in [-0.15, -0.1) is 0 Å². The van der Waals surface area contributed by atoms with Crippen molar-refractivity contribution in [3.8, 4) is 0 Å². The number of halogens is 2. The predicted octanol–water partition coefficient (Wildman–Crippen LogP) is 3.23. The molecule has 0 amide bonds. The molecule has 2 aromatic rings. The SMILES string of the molecule is CNC(Cc1nccn1C)c1cc(Cl)ccc1Cl. The lowest BCUT2D eigenvalue weighted by Crippen LogP contribution is -2.20. The summed E-state index contributed by atoms with van der Waals surface area (Å²) in [6, 6.07) is 5.61. The molecule has 0 bridgehead atoms. The molecule has 1 unspecified atom stereocenters. The van der Waals surface area contributed by atoms with Gasteiger partial charge in [-0.05, 0) is 30.8 Å². The lowest BCUT2D eigenvalue weighted by molar-refractivity contribution is 0.564. The molecule has 2 rings (SSSR count). The van der Waals surface area contributed by atoms with Gasteiger partial charge in [0.1, 0.15) is 5.82 Å². The highest BCUT2D eigenvalue weighted by Crippen LogP contribution is 2.28. The van der Waals surface area contributed by atoms with E-state index in [1.165, 1.54) is 0 Å². The van der Waals surface area contributed by atoms with Crippen LogP contribution in [0.1, 0.15) is 17.4 Å². The fourth-order valence-electron chi connectivity index (χ4n) is 1.92. The second kappa shape index (κ2) is 5.74. The monoisotopic (exact) mass is 283 g/mol. The molecule has 1 aromatic heterocycles. The van der Waals surface area contributed by atoms with Crippen LogP contribution in [0.2, 0.25) is 10.0 Å². The minimum absolute atomic E-state index is 0.0947. The zero-order valence-electron chi connectivity index (χ0n) is 10.3. The van der Waals surface area contributed by atoms with Gasteiger partial charge in [-0.1, -0.05) is 23.2 Å². The molecule has 5 heteroatoms. The smallest absolute Gasteiger partial charge is 0.110 e. The van der Waals surface area contributed by atoms with Gasteiger partial charge in [0, 0.05) is 41.9 Å². The van der Waals surface area contributed by atoms with Crippen molar-refractivity contribution in [2.45, 2.75) is 12.5 Å². The number of aromatic nitrogens is 2. The molecule has 0 saturated heterocycles. The number of rotatable bonds is 4. The first-order valence-electron chi connectivity index (χ1n) is 5.70. The minimum Gasteiger partial charge on any atom is -0.338 e. The third kappa shape index (κ3) is 2.86. The number of benzene rings is 1. The Balaban J connectivity index is 2.28. The van der Waals surface area contributed by atoms with Gasteiger partial charge in [-0.3, -0.25) is 0 Å². The van der Waals surface area contributed by atoms with Crippen molar-refractivity contribution in [2.24, 2.45) is 7.05 Å². The summed E-state index contributed by atoms with van der Waals surface area (Å²) >= 11 is 12.2. The lowest BCUT2D eigenvalue weighted by atomic mass is 10.0. The van der Waals surface area contributed by atoms with E-state index >= 15 is 0 Å². The number of imidazole rings is 1. The van der Waals surface area contributed by atoms with Crippen LogP contribution in [0.4, 0.5) is 0 Å². The highest BCUT2D eigenvalue weighted by Gasteiger charge is 2.16. The second-order valence-electron chi connectivity index (χ2n) is 4.17. The van der Waals surface area contributed by atoms with Crippen molar-refractivity contribution >= 4 is 23.2 Å². The largest absolute Gasteiger partial charge is 0.338 e. The van der Waals surface area contributed by atoms with Gasteiger partial charge in [-0.2, -0.15) is 0 Å². The van der Waals surface area contributed by atoms with E-state index in [0.29, 0.717) is 10.0 Å². The summed E-state index contributed by atoms with van der Waals surface area (Å²) in [5.74, 6) is 1.00. The van der Waals surface area contributed by atoms with Crippen LogP contribution >= 0.6 is 23.2 Å². The Labute approximate surface area is 117 Å². The van der Waals surface area contributed by atoms with Crippen molar-refractivity contribution in [3.05, 3.63) is 52.0 Å². The van der Waals surface area contributed by atoms with Gasteiger partial charge >= 0.3 is 0 Å². The summed E-state index contributed by atoms with van der Waals surface area (Å²) in [6.07, 6.45) is 4.49. The quantitative estimate of drug-likeness (QED) is 0.934. The highest BCUT2D eigenvalue weighted by molar-refractivity contribution is 6.33. The fraction of sp³-hybridized carbons (Fsp3) is 0.308. The first-order chi connectivity index (χ1) is 8.61. The van der Waals surface area contributed by atoms with Crippen molar-refractivity contribution in [2.75, 3.05) is 7.05 Å². The molecule has 0 aliphatic carbocycles. The molecule has 1 N–H and O–H groups in total.